The summed E-state index contributed by atoms with van der Waals surface area (Å²) in [6.07, 6.45) is 2.29. The van der Waals surface area contributed by atoms with Crippen molar-refractivity contribution in [1.29, 1.82) is 0 Å². The molecule has 3 atom stereocenters. The molecule has 1 aromatic carbocycles. The van der Waals surface area contributed by atoms with E-state index < -0.39 is 0 Å². The van der Waals surface area contributed by atoms with Crippen molar-refractivity contribution in [3.8, 4) is 0 Å². The van der Waals surface area contributed by atoms with Crippen LogP contribution in [0.3, 0.4) is 0 Å². The maximum Gasteiger partial charge on any atom is 0.150 e. The van der Waals surface area contributed by atoms with Crippen molar-refractivity contribution in [2.45, 2.75) is 43.8 Å². The van der Waals surface area contributed by atoms with E-state index >= 15 is 0 Å². The van der Waals surface area contributed by atoms with Crippen LogP contribution in [0.1, 0.15) is 33.6 Å². The predicted molar refractivity (Wildman–Crippen MR) is 75.7 cm³/mol. The van der Waals surface area contributed by atoms with Crippen LogP contribution in [0.25, 0.3) is 0 Å². The average Bonchev–Trinajstić information content (AvgIpc) is 2.65. The smallest absolute Gasteiger partial charge is 0.150 e. The van der Waals surface area contributed by atoms with Crippen LogP contribution < -0.4 is 0 Å². The maximum atomic E-state index is 12.6. The number of rotatable bonds is 2. The second kappa shape index (κ2) is 3.86. The van der Waals surface area contributed by atoms with Gasteiger partial charge in [-0.05, 0) is 35.8 Å². The fraction of sp³-hybridized carbons (Fsp3) is 0.562. The molecule has 2 fully saturated rings. The van der Waals surface area contributed by atoms with Crippen LogP contribution in [-0.2, 0) is 4.79 Å². The number of thioether (sulfide) groups is 1. The molecule has 2 saturated carbocycles. The van der Waals surface area contributed by atoms with E-state index in [0.29, 0.717) is 5.78 Å². The van der Waals surface area contributed by atoms with E-state index in [1.54, 1.807) is 11.8 Å². The highest BCUT2D eigenvalue weighted by Gasteiger charge is 2.66. The third-order valence-corrected chi connectivity index (χ3v) is 7.01. The lowest BCUT2D eigenvalue weighted by atomic mass is 9.71. The van der Waals surface area contributed by atoms with Gasteiger partial charge in [-0.2, -0.15) is 0 Å². The van der Waals surface area contributed by atoms with Gasteiger partial charge in [0.05, 0.1) is 5.25 Å². The summed E-state index contributed by atoms with van der Waals surface area (Å²) in [5.41, 5.74) is 0.325. The number of ketones is 1. The molecule has 1 nitrogen and oxygen atoms in total. The lowest BCUT2D eigenvalue weighted by molar-refractivity contribution is -0.122. The van der Waals surface area contributed by atoms with Gasteiger partial charge in [0.15, 0.2) is 0 Å². The molecule has 0 N–H and O–H groups in total. The Hall–Kier alpha value is -0.760. The number of hydrogen-bond donors (Lipinski definition) is 0. The molecule has 0 spiro atoms. The van der Waals surface area contributed by atoms with E-state index in [1.165, 1.54) is 11.3 Å². The summed E-state index contributed by atoms with van der Waals surface area (Å²) in [4.78, 5) is 13.8. The van der Waals surface area contributed by atoms with Crippen LogP contribution >= 0.6 is 11.8 Å². The van der Waals surface area contributed by atoms with Gasteiger partial charge in [-0.15, -0.1) is 11.8 Å². The van der Waals surface area contributed by atoms with Crippen molar-refractivity contribution in [2.75, 3.05) is 0 Å². The summed E-state index contributed by atoms with van der Waals surface area (Å²) in [6.45, 7) is 6.89. The zero-order valence-corrected chi connectivity index (χ0v) is 12.1. The van der Waals surface area contributed by atoms with Crippen LogP contribution in [-0.4, -0.2) is 11.0 Å². The number of Topliss-reactive ketones (excluding diaryl/α,β-unsaturated/α-hetero) is 1. The van der Waals surface area contributed by atoms with Gasteiger partial charge in [0, 0.05) is 10.8 Å². The molecule has 1 aromatic rings. The highest BCUT2D eigenvalue weighted by Crippen LogP contribution is 2.67. The van der Waals surface area contributed by atoms with E-state index in [1.807, 2.05) is 18.2 Å². The van der Waals surface area contributed by atoms with E-state index in [0.717, 1.165) is 6.42 Å². The van der Waals surface area contributed by atoms with E-state index in [4.69, 9.17) is 0 Å². The molecule has 0 heterocycles. The molecule has 0 aliphatic heterocycles. The summed E-state index contributed by atoms with van der Waals surface area (Å²) >= 11 is 1.77. The SMILES string of the molecule is CC1(C)[C@H]2CC[C@@]1(C)[C@H](Sc1ccccc1)C2=O. The van der Waals surface area contributed by atoms with Crippen molar-refractivity contribution in [3.05, 3.63) is 30.3 Å². The second-order valence-electron chi connectivity index (χ2n) is 6.44. The summed E-state index contributed by atoms with van der Waals surface area (Å²) in [7, 11) is 0. The van der Waals surface area contributed by atoms with E-state index in [9.17, 15) is 4.79 Å². The first kappa shape index (κ1) is 12.3. The van der Waals surface area contributed by atoms with Crippen molar-refractivity contribution in [1.82, 2.24) is 0 Å². The number of fused-ring (bicyclic) bond motifs is 2. The first-order chi connectivity index (χ1) is 8.47. The molecule has 3 rings (SSSR count). The van der Waals surface area contributed by atoms with E-state index in [-0.39, 0.29) is 22.0 Å². The summed E-state index contributed by atoms with van der Waals surface area (Å²) in [5.74, 6) is 0.770. The van der Waals surface area contributed by atoms with Gasteiger partial charge in [0.2, 0.25) is 0 Å². The quantitative estimate of drug-likeness (QED) is 0.793. The molecule has 0 amide bonds. The minimum atomic E-state index is 0.147. The third kappa shape index (κ3) is 1.45. The average molecular weight is 260 g/mol. The second-order valence-corrected chi connectivity index (χ2v) is 7.62. The molecule has 2 heteroatoms. The molecule has 0 unspecified atom stereocenters. The fourth-order valence-electron chi connectivity index (χ4n) is 3.81. The Bertz CT molecular complexity index is 479. The van der Waals surface area contributed by atoms with Crippen molar-refractivity contribution < 1.29 is 4.79 Å². The molecule has 2 aliphatic carbocycles. The standard InChI is InChI=1S/C16H20OS/c1-15(2)12-9-10-16(15,3)14(13(12)17)18-11-7-5-4-6-8-11/h4-8,12,14H,9-10H2,1-3H3/t12-,14+,16-/m0/s1. The molecule has 2 bridgehead atoms. The highest BCUT2D eigenvalue weighted by atomic mass is 32.2. The molecular formula is C16H20OS. The van der Waals surface area contributed by atoms with Gasteiger partial charge in [-0.3, -0.25) is 4.79 Å². The summed E-state index contributed by atoms with van der Waals surface area (Å²) in [6, 6.07) is 10.3. The molecule has 0 radical (unpaired) electrons. The summed E-state index contributed by atoms with van der Waals surface area (Å²) in [5, 5.41) is 0.147. The number of hydrogen-bond acceptors (Lipinski definition) is 2. The van der Waals surface area contributed by atoms with Crippen LogP contribution in [0.4, 0.5) is 0 Å². The zero-order chi connectivity index (χ0) is 13.0. The van der Waals surface area contributed by atoms with Gasteiger partial charge in [0.1, 0.15) is 5.78 Å². The van der Waals surface area contributed by atoms with Crippen LogP contribution in [0, 0.1) is 16.7 Å². The van der Waals surface area contributed by atoms with Crippen molar-refractivity contribution in [3.63, 3.8) is 0 Å². The minimum Gasteiger partial charge on any atom is -0.298 e. The Morgan fingerprint density at radius 2 is 1.83 bits per heavy atom. The Labute approximate surface area is 113 Å². The number of carbonyl (C=O) groups is 1. The zero-order valence-electron chi connectivity index (χ0n) is 11.3. The summed E-state index contributed by atoms with van der Waals surface area (Å²) < 4.78 is 0. The van der Waals surface area contributed by atoms with Gasteiger partial charge in [-0.25, -0.2) is 0 Å². The minimum absolute atomic E-state index is 0.147. The Morgan fingerprint density at radius 3 is 2.39 bits per heavy atom. The van der Waals surface area contributed by atoms with Crippen molar-refractivity contribution >= 4 is 17.5 Å². The third-order valence-electron chi connectivity index (χ3n) is 5.47. The molecular weight excluding hydrogens is 240 g/mol. The number of benzene rings is 1. The fourth-order valence-corrected chi connectivity index (χ4v) is 5.36. The largest absolute Gasteiger partial charge is 0.298 e. The molecule has 18 heavy (non-hydrogen) atoms. The maximum absolute atomic E-state index is 12.6. The Morgan fingerprint density at radius 1 is 1.17 bits per heavy atom. The monoisotopic (exact) mass is 260 g/mol. The van der Waals surface area contributed by atoms with Crippen LogP contribution in [0.2, 0.25) is 0 Å². The van der Waals surface area contributed by atoms with Crippen molar-refractivity contribution in [2.24, 2.45) is 16.7 Å². The lowest BCUT2D eigenvalue weighted by Gasteiger charge is -2.37. The molecule has 2 aliphatic rings. The highest BCUT2D eigenvalue weighted by molar-refractivity contribution is 8.00. The van der Waals surface area contributed by atoms with Gasteiger partial charge < -0.3 is 0 Å². The van der Waals surface area contributed by atoms with Gasteiger partial charge >= 0.3 is 0 Å². The Balaban J connectivity index is 1.93. The van der Waals surface area contributed by atoms with Crippen LogP contribution in [0.15, 0.2) is 35.2 Å². The van der Waals surface area contributed by atoms with E-state index in [2.05, 4.69) is 32.9 Å². The molecule has 0 aromatic heterocycles. The Kier molecular flexibility index (Phi) is 2.64. The topological polar surface area (TPSA) is 17.1 Å². The molecule has 0 saturated heterocycles. The molecule has 96 valence electrons. The normalized spacial score (nSPS) is 37.2. The lowest BCUT2D eigenvalue weighted by Crippen LogP contribution is -2.35. The van der Waals surface area contributed by atoms with Crippen LogP contribution in [0.5, 0.6) is 0 Å². The number of carbonyl (C=O) groups excluding carboxylic acids is 1. The van der Waals surface area contributed by atoms with Gasteiger partial charge in [0.25, 0.3) is 0 Å². The first-order valence-electron chi connectivity index (χ1n) is 6.72. The first-order valence-corrected chi connectivity index (χ1v) is 7.60. The van der Waals surface area contributed by atoms with Gasteiger partial charge in [-0.1, -0.05) is 39.0 Å². The predicted octanol–water partition coefficient (Wildman–Crippen LogP) is 4.17.